The number of phosphoric acid groups is 2. The lowest BCUT2D eigenvalue weighted by molar-refractivity contribution is -0.161. The van der Waals surface area contributed by atoms with E-state index in [2.05, 4.69) is 41.5 Å². The van der Waals surface area contributed by atoms with Crippen molar-refractivity contribution >= 4 is 39.5 Å². The van der Waals surface area contributed by atoms with E-state index in [1.54, 1.807) is 0 Å². The van der Waals surface area contributed by atoms with Crippen LogP contribution in [0.3, 0.4) is 0 Å². The molecule has 558 valence electrons. The van der Waals surface area contributed by atoms with Crippen LogP contribution in [0.25, 0.3) is 0 Å². The van der Waals surface area contributed by atoms with Crippen molar-refractivity contribution in [1.82, 2.24) is 0 Å². The molecule has 0 radical (unpaired) electrons. The average molecular weight is 1380 g/mol. The van der Waals surface area contributed by atoms with Crippen LogP contribution in [0.5, 0.6) is 0 Å². The molecule has 0 aromatic heterocycles. The van der Waals surface area contributed by atoms with Crippen LogP contribution in [0.1, 0.15) is 388 Å². The second-order valence-corrected chi connectivity index (χ2v) is 30.9. The Kier molecular flexibility index (Phi) is 65.5. The fraction of sp³-hybridized carbons (Fsp3) is 0.947. The number of carbonyl (C=O) groups is 4. The van der Waals surface area contributed by atoms with E-state index in [0.717, 1.165) is 95.8 Å². The Morgan fingerprint density at radius 2 is 0.489 bits per heavy atom. The van der Waals surface area contributed by atoms with Gasteiger partial charge in [0.1, 0.15) is 19.3 Å². The molecule has 94 heavy (non-hydrogen) atoms. The standard InChI is InChI=1S/C75H146O17P2/c1-7-9-11-13-15-17-18-19-27-30-34-40-46-52-58-73(78)86-63-70(91-74(79)59-53-47-41-35-31-28-25-23-21-20-22-24-26-29-33-37-43-49-55-67(3)4)65-89-93(81,82)87-61-69(76)62-88-94(83,84)90-66-71(64-85-72(77)57-51-45-39-32-16-14-12-10-8-2)92-75(80)60-54-48-42-36-38-44-50-56-68(5)6/h67-71,76H,7-66H2,1-6H3,(H,81,82)(H,83,84)/t69-,70-,71-/m1/s1. The monoisotopic (exact) mass is 1380 g/mol. The van der Waals surface area contributed by atoms with Gasteiger partial charge in [0.15, 0.2) is 12.2 Å². The van der Waals surface area contributed by atoms with Gasteiger partial charge >= 0.3 is 39.5 Å². The maximum Gasteiger partial charge on any atom is 0.472 e. The number of phosphoric ester groups is 2. The van der Waals surface area contributed by atoms with E-state index >= 15 is 0 Å². The second kappa shape index (κ2) is 66.9. The van der Waals surface area contributed by atoms with Crippen molar-refractivity contribution in [2.24, 2.45) is 11.8 Å². The summed E-state index contributed by atoms with van der Waals surface area (Å²) in [6.07, 6.45) is 54.3. The van der Waals surface area contributed by atoms with Crippen molar-refractivity contribution in [3.05, 3.63) is 0 Å². The molecule has 0 saturated heterocycles. The molecule has 0 rings (SSSR count). The first-order chi connectivity index (χ1) is 45.4. The van der Waals surface area contributed by atoms with Crippen molar-refractivity contribution in [2.75, 3.05) is 39.6 Å². The normalized spacial score (nSPS) is 14.0. The molecule has 0 bridgehead atoms. The summed E-state index contributed by atoms with van der Waals surface area (Å²) >= 11 is 0. The highest BCUT2D eigenvalue weighted by molar-refractivity contribution is 7.47. The van der Waals surface area contributed by atoms with Gasteiger partial charge in [-0.15, -0.1) is 0 Å². The molecular weight excluding hydrogens is 1230 g/mol. The molecule has 0 aliphatic rings. The van der Waals surface area contributed by atoms with Crippen LogP contribution < -0.4 is 0 Å². The molecule has 0 saturated carbocycles. The van der Waals surface area contributed by atoms with E-state index in [1.807, 2.05) is 0 Å². The van der Waals surface area contributed by atoms with Gasteiger partial charge in [-0.25, -0.2) is 9.13 Å². The quantitative estimate of drug-likeness (QED) is 0.0222. The minimum absolute atomic E-state index is 0.104. The molecule has 2 unspecified atom stereocenters. The Morgan fingerprint density at radius 1 is 0.287 bits per heavy atom. The van der Waals surface area contributed by atoms with Crippen LogP contribution >= 0.6 is 15.6 Å². The van der Waals surface area contributed by atoms with Gasteiger partial charge in [-0.2, -0.15) is 0 Å². The summed E-state index contributed by atoms with van der Waals surface area (Å²) in [6, 6.07) is 0. The fourth-order valence-corrected chi connectivity index (χ4v) is 13.1. The van der Waals surface area contributed by atoms with Crippen LogP contribution in [0.4, 0.5) is 0 Å². The number of aliphatic hydroxyl groups excluding tert-OH is 1. The maximum absolute atomic E-state index is 13.1. The molecule has 0 aliphatic heterocycles. The molecule has 5 atom stereocenters. The Hall–Kier alpha value is -1.94. The van der Waals surface area contributed by atoms with Crippen LogP contribution in [-0.2, 0) is 65.4 Å². The number of hydrogen-bond donors (Lipinski definition) is 3. The summed E-state index contributed by atoms with van der Waals surface area (Å²) in [4.78, 5) is 72.6. The second-order valence-electron chi connectivity index (χ2n) is 28.0. The summed E-state index contributed by atoms with van der Waals surface area (Å²) in [5, 5.41) is 10.6. The Morgan fingerprint density at radius 3 is 0.723 bits per heavy atom. The highest BCUT2D eigenvalue weighted by atomic mass is 31.2. The molecule has 0 amide bonds. The predicted octanol–water partition coefficient (Wildman–Crippen LogP) is 21.9. The molecule has 0 spiro atoms. The highest BCUT2D eigenvalue weighted by Crippen LogP contribution is 2.45. The minimum atomic E-state index is -4.96. The third-order valence-electron chi connectivity index (χ3n) is 17.5. The van der Waals surface area contributed by atoms with Crippen molar-refractivity contribution < 1.29 is 80.2 Å². The summed E-state index contributed by atoms with van der Waals surface area (Å²) in [5.74, 6) is -0.604. The van der Waals surface area contributed by atoms with Crippen molar-refractivity contribution in [1.29, 1.82) is 0 Å². The summed E-state index contributed by atoms with van der Waals surface area (Å²) in [6.45, 7) is 9.54. The van der Waals surface area contributed by atoms with Crippen LogP contribution in [0.2, 0.25) is 0 Å². The number of esters is 4. The number of ether oxygens (including phenoxy) is 4. The van der Waals surface area contributed by atoms with Crippen LogP contribution in [0, 0.1) is 11.8 Å². The van der Waals surface area contributed by atoms with E-state index in [9.17, 15) is 43.2 Å². The van der Waals surface area contributed by atoms with Gasteiger partial charge in [0.05, 0.1) is 26.4 Å². The first-order valence-electron chi connectivity index (χ1n) is 39.0. The Balaban J connectivity index is 5.18. The van der Waals surface area contributed by atoms with Gasteiger partial charge < -0.3 is 33.8 Å². The first kappa shape index (κ1) is 92.1. The van der Waals surface area contributed by atoms with E-state index in [4.69, 9.17) is 37.0 Å². The minimum Gasteiger partial charge on any atom is -0.462 e. The predicted molar refractivity (Wildman–Crippen MR) is 381 cm³/mol. The van der Waals surface area contributed by atoms with Gasteiger partial charge in [0, 0.05) is 25.7 Å². The third-order valence-corrected chi connectivity index (χ3v) is 19.4. The molecule has 17 nitrogen and oxygen atoms in total. The number of hydrogen-bond acceptors (Lipinski definition) is 15. The molecule has 0 aromatic rings. The zero-order chi connectivity index (χ0) is 69.3. The van der Waals surface area contributed by atoms with E-state index in [-0.39, 0.29) is 25.7 Å². The molecule has 0 aliphatic carbocycles. The van der Waals surface area contributed by atoms with Gasteiger partial charge in [-0.3, -0.25) is 37.3 Å². The lowest BCUT2D eigenvalue weighted by Crippen LogP contribution is -2.30. The summed E-state index contributed by atoms with van der Waals surface area (Å²) in [5.41, 5.74) is 0. The third kappa shape index (κ3) is 68.6. The molecular formula is C75H146O17P2. The summed E-state index contributed by atoms with van der Waals surface area (Å²) < 4.78 is 68.4. The first-order valence-corrected chi connectivity index (χ1v) is 42.0. The van der Waals surface area contributed by atoms with E-state index in [1.165, 1.54) is 205 Å². The van der Waals surface area contributed by atoms with Gasteiger partial charge in [-0.05, 0) is 37.5 Å². The Labute approximate surface area is 575 Å². The van der Waals surface area contributed by atoms with Crippen LogP contribution in [0.15, 0.2) is 0 Å². The van der Waals surface area contributed by atoms with Gasteiger partial charge in [0.25, 0.3) is 0 Å². The van der Waals surface area contributed by atoms with Gasteiger partial charge in [-0.1, -0.05) is 337 Å². The largest absolute Gasteiger partial charge is 0.472 e. The van der Waals surface area contributed by atoms with Crippen molar-refractivity contribution in [3.63, 3.8) is 0 Å². The number of carbonyl (C=O) groups excluding carboxylic acids is 4. The molecule has 3 N–H and O–H groups in total. The molecule has 0 heterocycles. The summed E-state index contributed by atoms with van der Waals surface area (Å²) in [7, 11) is -9.90. The van der Waals surface area contributed by atoms with Gasteiger partial charge in [0.2, 0.25) is 0 Å². The zero-order valence-corrected chi connectivity index (χ0v) is 63.1. The molecule has 0 aromatic carbocycles. The topological polar surface area (TPSA) is 237 Å². The lowest BCUT2D eigenvalue weighted by Gasteiger charge is -2.21. The number of unbranched alkanes of at least 4 members (excludes halogenated alkanes) is 44. The molecule has 19 heteroatoms. The van der Waals surface area contributed by atoms with Crippen molar-refractivity contribution in [2.45, 2.75) is 407 Å². The smallest absolute Gasteiger partial charge is 0.462 e. The van der Waals surface area contributed by atoms with Crippen molar-refractivity contribution in [3.8, 4) is 0 Å². The molecule has 0 fully saturated rings. The maximum atomic E-state index is 13.1. The highest BCUT2D eigenvalue weighted by Gasteiger charge is 2.30. The van der Waals surface area contributed by atoms with E-state index in [0.29, 0.717) is 31.6 Å². The number of aliphatic hydroxyl groups is 1. The van der Waals surface area contributed by atoms with Crippen LogP contribution in [-0.4, -0.2) is 96.7 Å². The van der Waals surface area contributed by atoms with E-state index < -0.39 is 97.5 Å². The zero-order valence-electron chi connectivity index (χ0n) is 61.3. The Bertz CT molecular complexity index is 1820. The fourth-order valence-electron chi connectivity index (χ4n) is 11.5. The SMILES string of the molecule is CCCCCCCCCCCCCCCCC(=O)OC[C@H](COP(=O)(O)OC[C@@H](O)COP(=O)(O)OC[C@@H](COC(=O)CCCCCCCCCCC)OC(=O)CCCCCCCCCC(C)C)OC(=O)CCCCCCCCCCCCCCCCCCCCC(C)C. The number of rotatable bonds is 74. The average Bonchev–Trinajstić information content (AvgIpc) is 2.05. The lowest BCUT2D eigenvalue weighted by atomic mass is 10.0.